The van der Waals surface area contributed by atoms with Gasteiger partial charge in [0.2, 0.25) is 0 Å². The molecule has 0 radical (unpaired) electrons. The SMILES string of the molecule is CC(C)=CCCC(C)/C=C/CCO. The second-order valence-corrected chi connectivity index (χ2v) is 3.78. The van der Waals surface area contributed by atoms with E-state index in [1.807, 2.05) is 0 Å². The third-order valence-corrected chi connectivity index (χ3v) is 1.93. The summed E-state index contributed by atoms with van der Waals surface area (Å²) in [6, 6.07) is 0. The van der Waals surface area contributed by atoms with Crippen LogP contribution >= 0.6 is 0 Å². The van der Waals surface area contributed by atoms with E-state index in [1.165, 1.54) is 12.0 Å². The van der Waals surface area contributed by atoms with Gasteiger partial charge in [-0.1, -0.05) is 30.7 Å². The Morgan fingerprint density at radius 3 is 2.54 bits per heavy atom. The van der Waals surface area contributed by atoms with E-state index in [2.05, 4.69) is 39.0 Å². The van der Waals surface area contributed by atoms with E-state index in [0.717, 1.165) is 12.8 Å². The van der Waals surface area contributed by atoms with Crippen LogP contribution in [0.25, 0.3) is 0 Å². The Kier molecular flexibility index (Phi) is 7.71. The monoisotopic (exact) mass is 182 g/mol. The standard InChI is InChI=1S/C12H22O/c1-11(2)7-6-9-12(3)8-4-5-10-13/h4,7-8,12-13H,5-6,9-10H2,1-3H3/b8-4+. The number of hydrogen-bond donors (Lipinski definition) is 1. The van der Waals surface area contributed by atoms with Crippen LogP contribution in [0.5, 0.6) is 0 Å². The van der Waals surface area contributed by atoms with Crippen molar-refractivity contribution in [2.45, 2.75) is 40.0 Å². The lowest BCUT2D eigenvalue weighted by Gasteiger charge is -2.02. The van der Waals surface area contributed by atoms with Gasteiger partial charge in [-0.15, -0.1) is 0 Å². The summed E-state index contributed by atoms with van der Waals surface area (Å²) >= 11 is 0. The predicted octanol–water partition coefficient (Wildman–Crippen LogP) is 3.31. The van der Waals surface area contributed by atoms with Crippen molar-refractivity contribution >= 4 is 0 Å². The fourth-order valence-corrected chi connectivity index (χ4v) is 1.13. The van der Waals surface area contributed by atoms with E-state index in [1.54, 1.807) is 0 Å². The summed E-state index contributed by atoms with van der Waals surface area (Å²) in [5.41, 5.74) is 1.39. The van der Waals surface area contributed by atoms with Gasteiger partial charge in [0.15, 0.2) is 0 Å². The quantitative estimate of drug-likeness (QED) is 0.625. The number of rotatable bonds is 6. The molecule has 0 spiro atoms. The minimum absolute atomic E-state index is 0.261. The van der Waals surface area contributed by atoms with Crippen LogP contribution < -0.4 is 0 Å². The van der Waals surface area contributed by atoms with Crippen molar-refractivity contribution in [3.8, 4) is 0 Å². The first kappa shape index (κ1) is 12.4. The van der Waals surface area contributed by atoms with E-state index in [0.29, 0.717) is 5.92 Å². The maximum absolute atomic E-state index is 8.57. The highest BCUT2D eigenvalue weighted by Gasteiger charge is 1.94. The summed E-state index contributed by atoms with van der Waals surface area (Å²) in [4.78, 5) is 0. The molecule has 0 aromatic rings. The van der Waals surface area contributed by atoms with Crippen molar-refractivity contribution in [1.82, 2.24) is 0 Å². The molecule has 1 N–H and O–H groups in total. The maximum atomic E-state index is 8.57. The molecule has 0 amide bonds. The van der Waals surface area contributed by atoms with Gasteiger partial charge in [-0.25, -0.2) is 0 Å². The van der Waals surface area contributed by atoms with Crippen LogP contribution in [0.2, 0.25) is 0 Å². The largest absolute Gasteiger partial charge is 0.396 e. The Morgan fingerprint density at radius 2 is 2.00 bits per heavy atom. The average molecular weight is 182 g/mol. The van der Waals surface area contributed by atoms with E-state index in [9.17, 15) is 0 Å². The van der Waals surface area contributed by atoms with E-state index >= 15 is 0 Å². The highest BCUT2D eigenvalue weighted by Crippen LogP contribution is 2.09. The Labute approximate surface area is 82.2 Å². The summed E-state index contributed by atoms with van der Waals surface area (Å²) in [6.07, 6.45) is 9.67. The second-order valence-electron chi connectivity index (χ2n) is 3.78. The number of hydrogen-bond acceptors (Lipinski definition) is 1. The van der Waals surface area contributed by atoms with Crippen molar-refractivity contribution in [3.05, 3.63) is 23.8 Å². The highest BCUT2D eigenvalue weighted by atomic mass is 16.2. The van der Waals surface area contributed by atoms with Crippen LogP contribution in [0.4, 0.5) is 0 Å². The molecule has 0 bridgehead atoms. The average Bonchev–Trinajstić information content (AvgIpc) is 2.04. The second kappa shape index (κ2) is 8.06. The summed E-state index contributed by atoms with van der Waals surface area (Å²) in [5, 5.41) is 8.57. The molecule has 0 aromatic carbocycles. The number of aliphatic hydroxyl groups excluding tert-OH is 1. The van der Waals surface area contributed by atoms with Crippen LogP contribution in [-0.4, -0.2) is 11.7 Å². The van der Waals surface area contributed by atoms with Gasteiger partial charge in [0.1, 0.15) is 0 Å². The zero-order valence-corrected chi connectivity index (χ0v) is 9.09. The first-order valence-electron chi connectivity index (χ1n) is 5.07. The van der Waals surface area contributed by atoms with Gasteiger partial charge in [0.05, 0.1) is 0 Å². The van der Waals surface area contributed by atoms with Crippen molar-refractivity contribution in [1.29, 1.82) is 0 Å². The lowest BCUT2D eigenvalue weighted by Crippen LogP contribution is -1.88. The summed E-state index contributed by atoms with van der Waals surface area (Å²) in [6.45, 7) is 6.74. The summed E-state index contributed by atoms with van der Waals surface area (Å²) < 4.78 is 0. The molecule has 0 rings (SSSR count). The van der Waals surface area contributed by atoms with Gasteiger partial charge < -0.3 is 5.11 Å². The molecule has 1 heteroatoms. The molecule has 1 nitrogen and oxygen atoms in total. The Morgan fingerprint density at radius 1 is 1.31 bits per heavy atom. The van der Waals surface area contributed by atoms with Crippen LogP contribution in [0.1, 0.15) is 40.0 Å². The van der Waals surface area contributed by atoms with E-state index in [-0.39, 0.29) is 6.61 Å². The molecule has 0 saturated carbocycles. The lowest BCUT2D eigenvalue weighted by atomic mass is 10.0. The van der Waals surface area contributed by atoms with Crippen molar-refractivity contribution in [2.24, 2.45) is 5.92 Å². The molecule has 0 aliphatic carbocycles. The molecular formula is C12H22O. The van der Waals surface area contributed by atoms with Crippen LogP contribution in [0.15, 0.2) is 23.8 Å². The molecule has 76 valence electrons. The topological polar surface area (TPSA) is 20.2 Å². The fourth-order valence-electron chi connectivity index (χ4n) is 1.13. The van der Waals surface area contributed by atoms with E-state index < -0.39 is 0 Å². The first-order chi connectivity index (χ1) is 6.16. The summed E-state index contributed by atoms with van der Waals surface area (Å²) in [7, 11) is 0. The molecule has 1 atom stereocenters. The van der Waals surface area contributed by atoms with Gasteiger partial charge in [0, 0.05) is 6.61 Å². The van der Waals surface area contributed by atoms with Crippen molar-refractivity contribution in [2.75, 3.05) is 6.61 Å². The van der Waals surface area contributed by atoms with Gasteiger partial charge >= 0.3 is 0 Å². The Bertz CT molecular complexity index is 164. The molecule has 0 aliphatic heterocycles. The Balaban J connectivity index is 3.51. The maximum Gasteiger partial charge on any atom is 0.0465 e. The van der Waals surface area contributed by atoms with Crippen LogP contribution in [-0.2, 0) is 0 Å². The molecule has 0 saturated heterocycles. The fraction of sp³-hybridized carbons (Fsp3) is 0.667. The number of aliphatic hydroxyl groups is 1. The minimum Gasteiger partial charge on any atom is -0.396 e. The molecule has 0 aromatic heterocycles. The number of allylic oxidation sites excluding steroid dienone is 3. The van der Waals surface area contributed by atoms with Crippen LogP contribution in [0, 0.1) is 5.92 Å². The van der Waals surface area contributed by atoms with Gasteiger partial charge in [-0.05, 0) is 39.0 Å². The minimum atomic E-state index is 0.261. The highest BCUT2D eigenvalue weighted by molar-refractivity contribution is 4.94. The molecule has 0 aliphatic rings. The summed E-state index contributed by atoms with van der Waals surface area (Å²) in [5.74, 6) is 0.627. The van der Waals surface area contributed by atoms with Gasteiger partial charge in [0.25, 0.3) is 0 Å². The van der Waals surface area contributed by atoms with Crippen molar-refractivity contribution < 1.29 is 5.11 Å². The molecule has 13 heavy (non-hydrogen) atoms. The molecule has 0 fully saturated rings. The van der Waals surface area contributed by atoms with E-state index in [4.69, 9.17) is 5.11 Å². The Hall–Kier alpha value is -0.560. The first-order valence-corrected chi connectivity index (χ1v) is 5.07. The third kappa shape index (κ3) is 9.35. The molecular weight excluding hydrogens is 160 g/mol. The smallest absolute Gasteiger partial charge is 0.0465 e. The van der Waals surface area contributed by atoms with Crippen LogP contribution in [0.3, 0.4) is 0 Å². The lowest BCUT2D eigenvalue weighted by molar-refractivity contribution is 0.302. The van der Waals surface area contributed by atoms with Gasteiger partial charge in [-0.3, -0.25) is 0 Å². The molecule has 0 heterocycles. The third-order valence-electron chi connectivity index (χ3n) is 1.93. The van der Waals surface area contributed by atoms with Crippen molar-refractivity contribution in [3.63, 3.8) is 0 Å². The van der Waals surface area contributed by atoms with Gasteiger partial charge in [-0.2, -0.15) is 0 Å². The zero-order chi connectivity index (χ0) is 10.1. The predicted molar refractivity (Wildman–Crippen MR) is 58.7 cm³/mol. The zero-order valence-electron chi connectivity index (χ0n) is 9.09. The molecule has 1 unspecified atom stereocenters. The normalized spacial score (nSPS) is 13.2.